The number of rotatable bonds is 5. The molecule has 0 saturated carbocycles. The van der Waals surface area contributed by atoms with E-state index in [-0.39, 0.29) is 36.8 Å². The number of hydrogen-bond donors (Lipinski definition) is 0. The number of benzene rings is 2. The number of hydrogen-bond acceptors (Lipinski definition) is 4. The van der Waals surface area contributed by atoms with Crippen LogP contribution >= 0.6 is 11.6 Å². The van der Waals surface area contributed by atoms with Crippen molar-refractivity contribution in [3.63, 3.8) is 0 Å². The third kappa shape index (κ3) is 4.52. The van der Waals surface area contributed by atoms with E-state index in [1.165, 1.54) is 8.61 Å². The smallest absolute Gasteiger partial charge is 0.212 e. The summed E-state index contributed by atoms with van der Waals surface area (Å²) in [5, 5.41) is 0.404. The average molecular weight is 429 g/mol. The van der Waals surface area contributed by atoms with Crippen molar-refractivity contribution in [1.82, 2.24) is 8.61 Å². The molecule has 1 saturated heterocycles. The molecule has 0 aromatic heterocycles. The van der Waals surface area contributed by atoms with Crippen LogP contribution in [0.5, 0.6) is 0 Å². The highest BCUT2D eigenvalue weighted by Gasteiger charge is 2.33. The van der Waals surface area contributed by atoms with Crippen molar-refractivity contribution in [2.45, 2.75) is 17.6 Å². The van der Waals surface area contributed by atoms with Gasteiger partial charge in [0.2, 0.25) is 20.0 Å². The standard InChI is InChI=1S/C18H21ClN2O4S2/c1-15-6-8-17(9-7-15)27(24,25)21-12-10-20(11-13-21)26(22,23)14-16-4-2-3-5-18(16)19/h2-9H,10-14H2,1H3. The Morgan fingerprint density at radius 3 is 2.00 bits per heavy atom. The van der Waals surface area contributed by atoms with Gasteiger partial charge in [-0.2, -0.15) is 8.61 Å². The summed E-state index contributed by atoms with van der Waals surface area (Å²) in [7, 11) is -7.19. The van der Waals surface area contributed by atoms with Gasteiger partial charge in [0.15, 0.2) is 0 Å². The normalized spacial score (nSPS) is 17.1. The predicted molar refractivity (Wildman–Crippen MR) is 106 cm³/mol. The Hall–Kier alpha value is -1.45. The van der Waals surface area contributed by atoms with Gasteiger partial charge < -0.3 is 0 Å². The molecule has 0 radical (unpaired) electrons. The molecule has 9 heteroatoms. The zero-order valence-electron chi connectivity index (χ0n) is 14.9. The second-order valence-corrected chi connectivity index (χ2v) is 10.8. The maximum Gasteiger partial charge on any atom is 0.243 e. The molecular weight excluding hydrogens is 408 g/mol. The third-order valence-corrected chi connectivity index (χ3v) is 8.65. The highest BCUT2D eigenvalue weighted by molar-refractivity contribution is 7.89. The average Bonchev–Trinajstić information content (AvgIpc) is 2.64. The predicted octanol–water partition coefficient (Wildman–Crippen LogP) is 2.48. The van der Waals surface area contributed by atoms with Crippen LogP contribution in [0.2, 0.25) is 5.02 Å². The maximum atomic E-state index is 12.7. The minimum Gasteiger partial charge on any atom is -0.212 e. The van der Waals surface area contributed by atoms with Crippen molar-refractivity contribution < 1.29 is 16.8 Å². The van der Waals surface area contributed by atoms with Gasteiger partial charge >= 0.3 is 0 Å². The van der Waals surface area contributed by atoms with Crippen LogP contribution in [0, 0.1) is 6.92 Å². The molecule has 27 heavy (non-hydrogen) atoms. The SMILES string of the molecule is Cc1ccc(S(=O)(=O)N2CCN(S(=O)(=O)Cc3ccccc3Cl)CC2)cc1. The van der Waals surface area contributed by atoms with Crippen LogP contribution in [0.25, 0.3) is 0 Å². The highest BCUT2D eigenvalue weighted by Crippen LogP contribution is 2.22. The van der Waals surface area contributed by atoms with Crippen LogP contribution in [0.15, 0.2) is 53.4 Å². The molecule has 0 unspecified atom stereocenters. The molecule has 0 N–H and O–H groups in total. The van der Waals surface area contributed by atoms with Crippen molar-refractivity contribution in [2.75, 3.05) is 26.2 Å². The molecule has 2 aromatic carbocycles. The number of piperazine rings is 1. The van der Waals surface area contributed by atoms with E-state index in [9.17, 15) is 16.8 Å². The van der Waals surface area contributed by atoms with Gasteiger partial charge in [0.1, 0.15) is 0 Å². The minimum absolute atomic E-state index is 0.123. The Bertz CT molecular complexity index is 1010. The fourth-order valence-corrected chi connectivity index (χ4v) is 6.20. The molecule has 1 aliphatic rings. The highest BCUT2D eigenvalue weighted by atomic mass is 35.5. The first-order chi connectivity index (χ1) is 12.7. The van der Waals surface area contributed by atoms with Gasteiger partial charge in [0, 0.05) is 31.2 Å². The summed E-state index contributed by atoms with van der Waals surface area (Å²) in [5.74, 6) is -0.197. The van der Waals surface area contributed by atoms with Gasteiger partial charge in [-0.3, -0.25) is 0 Å². The Kier molecular flexibility index (Phi) is 5.93. The van der Waals surface area contributed by atoms with E-state index in [1.807, 2.05) is 6.92 Å². The lowest BCUT2D eigenvalue weighted by Gasteiger charge is -2.33. The number of halogens is 1. The lowest BCUT2D eigenvalue weighted by molar-refractivity contribution is 0.272. The third-order valence-electron chi connectivity index (χ3n) is 4.55. The largest absolute Gasteiger partial charge is 0.243 e. The molecule has 6 nitrogen and oxygen atoms in total. The molecule has 3 rings (SSSR count). The van der Waals surface area contributed by atoms with Crippen LogP contribution in [-0.2, 0) is 25.8 Å². The van der Waals surface area contributed by atoms with Crippen LogP contribution in [0.3, 0.4) is 0 Å². The quantitative estimate of drug-likeness (QED) is 0.733. The van der Waals surface area contributed by atoms with E-state index in [1.54, 1.807) is 48.5 Å². The van der Waals surface area contributed by atoms with Gasteiger partial charge in [-0.1, -0.05) is 47.5 Å². The summed E-state index contributed by atoms with van der Waals surface area (Å²) in [6, 6.07) is 13.5. The lowest BCUT2D eigenvalue weighted by Crippen LogP contribution is -2.50. The summed E-state index contributed by atoms with van der Waals surface area (Å²) in [5.41, 5.74) is 1.51. The van der Waals surface area contributed by atoms with Gasteiger partial charge in [-0.25, -0.2) is 16.8 Å². The molecule has 1 heterocycles. The second kappa shape index (κ2) is 7.89. The molecule has 1 fully saturated rings. The van der Waals surface area contributed by atoms with Crippen LogP contribution in [-0.4, -0.2) is 51.6 Å². The van der Waals surface area contributed by atoms with Crippen molar-refractivity contribution in [2.24, 2.45) is 0 Å². The van der Waals surface area contributed by atoms with Gasteiger partial charge in [-0.15, -0.1) is 0 Å². The molecule has 146 valence electrons. The van der Waals surface area contributed by atoms with E-state index in [0.717, 1.165) is 5.56 Å². The lowest BCUT2D eigenvalue weighted by atomic mass is 10.2. The fourth-order valence-electron chi connectivity index (χ4n) is 2.95. The summed E-state index contributed by atoms with van der Waals surface area (Å²) < 4.78 is 53.5. The number of aryl methyl sites for hydroxylation is 1. The number of nitrogens with zero attached hydrogens (tertiary/aromatic N) is 2. The van der Waals surface area contributed by atoms with E-state index >= 15 is 0 Å². The van der Waals surface area contributed by atoms with Gasteiger partial charge in [0.05, 0.1) is 10.6 Å². The molecule has 0 atom stereocenters. The number of sulfonamides is 2. The first kappa shape index (κ1) is 20.3. The minimum atomic E-state index is -3.62. The van der Waals surface area contributed by atoms with Crippen LogP contribution < -0.4 is 0 Å². The van der Waals surface area contributed by atoms with Gasteiger partial charge in [-0.05, 0) is 30.7 Å². The molecule has 0 aliphatic carbocycles. The Morgan fingerprint density at radius 2 is 1.41 bits per heavy atom. The summed E-state index contributed by atoms with van der Waals surface area (Å²) >= 11 is 6.06. The first-order valence-electron chi connectivity index (χ1n) is 8.48. The van der Waals surface area contributed by atoms with Gasteiger partial charge in [0.25, 0.3) is 0 Å². The van der Waals surface area contributed by atoms with E-state index in [4.69, 9.17) is 11.6 Å². The topological polar surface area (TPSA) is 74.8 Å². The Balaban J connectivity index is 1.69. The van der Waals surface area contributed by atoms with E-state index < -0.39 is 20.0 Å². The van der Waals surface area contributed by atoms with Crippen molar-refractivity contribution in [3.8, 4) is 0 Å². The fraction of sp³-hybridized carbons (Fsp3) is 0.333. The van der Waals surface area contributed by atoms with Crippen molar-refractivity contribution >= 4 is 31.6 Å². The summed E-state index contributed by atoms with van der Waals surface area (Å²) in [6.07, 6.45) is 0. The van der Waals surface area contributed by atoms with Crippen molar-refractivity contribution in [3.05, 3.63) is 64.7 Å². The monoisotopic (exact) mass is 428 g/mol. The molecule has 0 amide bonds. The molecule has 0 spiro atoms. The maximum absolute atomic E-state index is 12.7. The second-order valence-electron chi connectivity index (χ2n) is 6.46. The zero-order chi connectivity index (χ0) is 19.7. The molecular formula is C18H21ClN2O4S2. The van der Waals surface area contributed by atoms with Crippen molar-refractivity contribution in [1.29, 1.82) is 0 Å². The molecule has 2 aromatic rings. The van der Waals surface area contributed by atoms with E-state index in [2.05, 4.69) is 0 Å². The van der Waals surface area contributed by atoms with Crippen LogP contribution in [0.1, 0.15) is 11.1 Å². The summed E-state index contributed by atoms with van der Waals surface area (Å²) in [6.45, 7) is 2.38. The summed E-state index contributed by atoms with van der Waals surface area (Å²) in [4.78, 5) is 0.223. The Labute approximate surface area is 165 Å². The molecule has 0 bridgehead atoms. The first-order valence-corrected chi connectivity index (χ1v) is 11.9. The zero-order valence-corrected chi connectivity index (χ0v) is 17.3. The van der Waals surface area contributed by atoms with Crippen LogP contribution in [0.4, 0.5) is 0 Å². The Morgan fingerprint density at radius 1 is 0.852 bits per heavy atom. The molecule has 1 aliphatic heterocycles. The van der Waals surface area contributed by atoms with E-state index in [0.29, 0.717) is 10.6 Å².